The Balaban J connectivity index is 1.95. The number of oxazole rings is 1. The van der Waals surface area contributed by atoms with Crippen LogP contribution in [0.2, 0.25) is 0 Å². The molecule has 26 heavy (non-hydrogen) atoms. The monoisotopic (exact) mass is 359 g/mol. The molecule has 1 aromatic heterocycles. The molecule has 0 saturated carbocycles. The summed E-state index contributed by atoms with van der Waals surface area (Å²) in [6.07, 6.45) is 4.77. The van der Waals surface area contributed by atoms with E-state index in [0.717, 1.165) is 42.2 Å². The van der Waals surface area contributed by atoms with Crippen LogP contribution in [0.15, 0.2) is 32.3 Å². The van der Waals surface area contributed by atoms with Crippen molar-refractivity contribution in [2.75, 3.05) is 13.2 Å². The second kappa shape index (κ2) is 7.86. The summed E-state index contributed by atoms with van der Waals surface area (Å²) in [5.74, 6) is 1.48. The topological polar surface area (TPSA) is 99.2 Å². The molecule has 140 valence electrons. The zero-order valence-corrected chi connectivity index (χ0v) is 15.3. The number of hydrogen-bond acceptors (Lipinski definition) is 6. The van der Waals surface area contributed by atoms with Crippen molar-refractivity contribution < 1.29 is 19.4 Å². The van der Waals surface area contributed by atoms with E-state index in [1.807, 2.05) is 13.8 Å². The number of amidine groups is 1. The Morgan fingerprint density at radius 1 is 1.38 bits per heavy atom. The lowest BCUT2D eigenvalue weighted by molar-refractivity contribution is -0.132. The van der Waals surface area contributed by atoms with E-state index in [0.29, 0.717) is 43.0 Å². The molecule has 2 aliphatic rings. The van der Waals surface area contributed by atoms with Crippen molar-refractivity contribution in [3.8, 4) is 0 Å². The van der Waals surface area contributed by atoms with Crippen molar-refractivity contribution in [1.82, 2.24) is 9.88 Å². The summed E-state index contributed by atoms with van der Waals surface area (Å²) in [6.45, 7) is 5.16. The van der Waals surface area contributed by atoms with Crippen LogP contribution >= 0.6 is 0 Å². The number of aryl methyl sites for hydroxylation is 1. The van der Waals surface area contributed by atoms with Gasteiger partial charge in [-0.2, -0.15) is 0 Å². The number of hydrogen-bond donors (Lipinski definition) is 2. The van der Waals surface area contributed by atoms with Crippen LogP contribution in [0, 0.1) is 6.92 Å². The molecule has 0 fully saturated rings. The van der Waals surface area contributed by atoms with Gasteiger partial charge in [-0.3, -0.25) is 0 Å². The molecule has 0 saturated heterocycles. The minimum absolute atomic E-state index is 0.0567. The van der Waals surface area contributed by atoms with E-state index >= 15 is 0 Å². The molecule has 0 spiro atoms. The third-order valence-corrected chi connectivity index (χ3v) is 4.70. The molecule has 1 aromatic rings. The largest absolute Gasteiger partial charge is 0.478 e. The highest BCUT2D eigenvalue weighted by Gasteiger charge is 2.26. The first-order valence-electron chi connectivity index (χ1n) is 9.07. The SMILES string of the molecule is CCCC1=C(CCO)N=C(N2CCc3oc(C)nc3C2)CC=C1C(=O)O. The molecule has 0 aromatic carbocycles. The second-order valence-electron chi connectivity index (χ2n) is 6.58. The van der Waals surface area contributed by atoms with Crippen LogP contribution in [-0.2, 0) is 17.8 Å². The van der Waals surface area contributed by atoms with Gasteiger partial charge in [-0.05, 0) is 12.0 Å². The molecule has 0 atom stereocenters. The number of aliphatic imine (C=N–C) groups is 1. The van der Waals surface area contributed by atoms with Gasteiger partial charge in [-0.15, -0.1) is 0 Å². The van der Waals surface area contributed by atoms with E-state index in [1.165, 1.54) is 0 Å². The van der Waals surface area contributed by atoms with Gasteiger partial charge in [0.1, 0.15) is 17.3 Å². The molecule has 0 amide bonds. The standard InChI is InChI=1S/C19H25N3O4/c1-3-4-13-14(19(24)25)5-6-18(21-15(13)8-10-23)22-9-7-17-16(11-22)20-12(2)26-17/h5,23H,3-4,6-11H2,1-2H3,(H,24,25). The van der Waals surface area contributed by atoms with E-state index in [2.05, 4.69) is 9.88 Å². The van der Waals surface area contributed by atoms with Crippen molar-refractivity contribution in [3.05, 3.63) is 40.3 Å². The molecule has 2 aliphatic heterocycles. The van der Waals surface area contributed by atoms with Crippen molar-refractivity contribution in [2.45, 2.75) is 52.5 Å². The molecule has 0 radical (unpaired) electrons. The summed E-state index contributed by atoms with van der Waals surface area (Å²) in [6, 6.07) is 0. The van der Waals surface area contributed by atoms with Gasteiger partial charge in [0, 0.05) is 45.0 Å². The first-order valence-corrected chi connectivity index (χ1v) is 9.07. The molecule has 2 N–H and O–H groups in total. The lowest BCUT2D eigenvalue weighted by Gasteiger charge is -2.28. The molecule has 7 heteroatoms. The number of rotatable bonds is 5. The van der Waals surface area contributed by atoms with Crippen LogP contribution < -0.4 is 0 Å². The summed E-state index contributed by atoms with van der Waals surface area (Å²) in [5.41, 5.74) is 2.64. The van der Waals surface area contributed by atoms with Gasteiger partial charge in [0.2, 0.25) is 0 Å². The number of carboxylic acid groups (broad SMARTS) is 1. The fourth-order valence-electron chi connectivity index (χ4n) is 3.55. The third kappa shape index (κ3) is 3.72. The first-order chi connectivity index (χ1) is 12.5. The lowest BCUT2D eigenvalue weighted by Crippen LogP contribution is -2.35. The van der Waals surface area contributed by atoms with Gasteiger partial charge in [-0.25, -0.2) is 14.8 Å². The Bertz CT molecular complexity index is 789. The quantitative estimate of drug-likeness (QED) is 0.838. The fourth-order valence-corrected chi connectivity index (χ4v) is 3.55. The minimum atomic E-state index is -0.937. The van der Waals surface area contributed by atoms with Crippen LogP contribution in [-0.4, -0.2) is 45.1 Å². The van der Waals surface area contributed by atoms with Crippen LogP contribution in [0.25, 0.3) is 0 Å². The second-order valence-corrected chi connectivity index (χ2v) is 6.58. The number of aromatic nitrogens is 1. The van der Waals surface area contributed by atoms with Crippen LogP contribution in [0.3, 0.4) is 0 Å². The summed E-state index contributed by atoms with van der Waals surface area (Å²) in [5, 5.41) is 19.1. The maximum absolute atomic E-state index is 11.7. The molecular formula is C19H25N3O4. The van der Waals surface area contributed by atoms with E-state index in [9.17, 15) is 15.0 Å². The van der Waals surface area contributed by atoms with Gasteiger partial charge < -0.3 is 19.5 Å². The van der Waals surface area contributed by atoms with Crippen LogP contribution in [0.4, 0.5) is 0 Å². The Hall–Kier alpha value is -2.41. The zero-order chi connectivity index (χ0) is 18.7. The van der Waals surface area contributed by atoms with Gasteiger partial charge in [0.25, 0.3) is 0 Å². The first kappa shape index (κ1) is 18.4. The number of nitrogens with zero attached hydrogens (tertiary/aromatic N) is 3. The summed E-state index contributed by atoms with van der Waals surface area (Å²) in [7, 11) is 0. The number of aliphatic hydroxyl groups excluding tert-OH is 1. The van der Waals surface area contributed by atoms with Crippen molar-refractivity contribution in [1.29, 1.82) is 0 Å². The number of carboxylic acids is 1. The Kier molecular flexibility index (Phi) is 5.56. The maximum Gasteiger partial charge on any atom is 0.335 e. The average Bonchev–Trinajstić information content (AvgIpc) is 2.88. The molecule has 0 aliphatic carbocycles. The highest BCUT2D eigenvalue weighted by molar-refractivity contribution is 5.95. The molecule has 3 rings (SSSR count). The highest BCUT2D eigenvalue weighted by Crippen LogP contribution is 2.29. The van der Waals surface area contributed by atoms with Gasteiger partial charge in [0.05, 0.1) is 12.1 Å². The molecule has 0 bridgehead atoms. The van der Waals surface area contributed by atoms with Crippen molar-refractivity contribution in [2.24, 2.45) is 4.99 Å². The number of aliphatic hydroxyl groups is 1. The average molecular weight is 359 g/mol. The summed E-state index contributed by atoms with van der Waals surface area (Å²) in [4.78, 5) is 23.1. The van der Waals surface area contributed by atoms with Gasteiger partial charge >= 0.3 is 5.97 Å². The van der Waals surface area contributed by atoms with Gasteiger partial charge in [0.15, 0.2) is 5.89 Å². The smallest absolute Gasteiger partial charge is 0.335 e. The van der Waals surface area contributed by atoms with Crippen LogP contribution in [0.1, 0.15) is 50.0 Å². The van der Waals surface area contributed by atoms with Crippen LogP contribution in [0.5, 0.6) is 0 Å². The van der Waals surface area contributed by atoms with Gasteiger partial charge in [-0.1, -0.05) is 19.4 Å². The minimum Gasteiger partial charge on any atom is -0.478 e. The highest BCUT2D eigenvalue weighted by atomic mass is 16.4. The number of carbonyl (C=O) groups is 1. The Morgan fingerprint density at radius 2 is 2.19 bits per heavy atom. The zero-order valence-electron chi connectivity index (χ0n) is 15.3. The maximum atomic E-state index is 11.7. The third-order valence-electron chi connectivity index (χ3n) is 4.70. The summed E-state index contributed by atoms with van der Waals surface area (Å²) < 4.78 is 5.61. The van der Waals surface area contributed by atoms with E-state index < -0.39 is 5.97 Å². The Labute approximate surface area is 152 Å². The number of fused-ring (bicyclic) bond motifs is 1. The normalized spacial score (nSPS) is 17.6. The lowest BCUT2D eigenvalue weighted by atomic mass is 9.97. The fraction of sp³-hybridized carbons (Fsp3) is 0.526. The van der Waals surface area contributed by atoms with Crippen molar-refractivity contribution >= 4 is 11.8 Å². The predicted octanol–water partition coefficient (Wildman–Crippen LogP) is 2.59. The summed E-state index contributed by atoms with van der Waals surface area (Å²) >= 11 is 0. The van der Waals surface area contributed by atoms with E-state index in [1.54, 1.807) is 6.08 Å². The molecular weight excluding hydrogens is 334 g/mol. The number of aliphatic carboxylic acids is 1. The predicted molar refractivity (Wildman–Crippen MR) is 96.8 cm³/mol. The molecule has 7 nitrogen and oxygen atoms in total. The molecule has 3 heterocycles. The molecule has 0 unspecified atom stereocenters. The van der Waals surface area contributed by atoms with E-state index in [-0.39, 0.29) is 6.61 Å². The van der Waals surface area contributed by atoms with E-state index in [4.69, 9.17) is 9.41 Å². The van der Waals surface area contributed by atoms with Crippen molar-refractivity contribution in [3.63, 3.8) is 0 Å². The Morgan fingerprint density at radius 3 is 2.88 bits per heavy atom.